The third-order valence-electron chi connectivity index (χ3n) is 3.89. The molecule has 0 unspecified atom stereocenters. The Balaban J connectivity index is 1.38. The summed E-state index contributed by atoms with van der Waals surface area (Å²) in [6.45, 7) is 5.29. The van der Waals surface area contributed by atoms with E-state index in [2.05, 4.69) is 25.7 Å². The maximum atomic E-state index is 11.9. The standard InChI is InChI=1S/C15H22N6O2S/c22-15(16-11-13-3-2-10-24-13)4-1-5-21-14(17-18-19-21)12-20-6-8-23-9-7-20/h2-3,10H,1,4-9,11-12H2,(H,16,22). The summed E-state index contributed by atoms with van der Waals surface area (Å²) in [4.78, 5) is 15.3. The molecule has 3 rings (SSSR count). The molecule has 130 valence electrons. The van der Waals surface area contributed by atoms with E-state index in [1.54, 1.807) is 16.0 Å². The number of hydrogen-bond acceptors (Lipinski definition) is 7. The highest BCUT2D eigenvalue weighted by molar-refractivity contribution is 7.09. The summed E-state index contributed by atoms with van der Waals surface area (Å²) in [6.07, 6.45) is 1.19. The van der Waals surface area contributed by atoms with Gasteiger partial charge in [0.05, 0.1) is 26.3 Å². The van der Waals surface area contributed by atoms with Crippen LogP contribution in [0.4, 0.5) is 0 Å². The first-order valence-corrected chi connectivity index (χ1v) is 9.03. The van der Waals surface area contributed by atoms with Gasteiger partial charge in [0, 0.05) is 30.9 Å². The van der Waals surface area contributed by atoms with Crippen molar-refractivity contribution in [1.82, 2.24) is 30.4 Å². The van der Waals surface area contributed by atoms with Gasteiger partial charge in [-0.1, -0.05) is 6.07 Å². The summed E-state index contributed by atoms with van der Waals surface area (Å²) in [5, 5.41) is 16.8. The minimum Gasteiger partial charge on any atom is -0.379 e. The smallest absolute Gasteiger partial charge is 0.220 e. The van der Waals surface area contributed by atoms with Crippen molar-refractivity contribution in [3.63, 3.8) is 0 Å². The Morgan fingerprint density at radius 1 is 1.38 bits per heavy atom. The normalized spacial score (nSPS) is 15.5. The zero-order valence-corrected chi connectivity index (χ0v) is 14.4. The first-order valence-electron chi connectivity index (χ1n) is 8.15. The summed E-state index contributed by atoms with van der Waals surface area (Å²) in [5.74, 6) is 0.905. The van der Waals surface area contributed by atoms with E-state index in [0.29, 0.717) is 19.5 Å². The number of tetrazole rings is 1. The number of nitrogens with one attached hydrogen (secondary N) is 1. The molecule has 1 amide bonds. The van der Waals surface area contributed by atoms with Gasteiger partial charge in [0.15, 0.2) is 5.82 Å². The molecule has 2 aromatic heterocycles. The van der Waals surface area contributed by atoms with Crippen molar-refractivity contribution in [2.45, 2.75) is 32.5 Å². The van der Waals surface area contributed by atoms with Crippen LogP contribution in [0.5, 0.6) is 0 Å². The number of aromatic nitrogens is 4. The van der Waals surface area contributed by atoms with E-state index in [1.807, 2.05) is 17.5 Å². The fourth-order valence-corrected chi connectivity index (χ4v) is 3.19. The molecule has 0 saturated carbocycles. The van der Waals surface area contributed by atoms with Crippen LogP contribution < -0.4 is 5.32 Å². The second-order valence-corrected chi connectivity index (χ2v) is 6.70. The van der Waals surface area contributed by atoms with Gasteiger partial charge in [0.25, 0.3) is 0 Å². The van der Waals surface area contributed by atoms with E-state index in [-0.39, 0.29) is 5.91 Å². The number of thiophene rings is 1. The maximum absolute atomic E-state index is 11.9. The lowest BCUT2D eigenvalue weighted by molar-refractivity contribution is -0.121. The van der Waals surface area contributed by atoms with E-state index < -0.39 is 0 Å². The van der Waals surface area contributed by atoms with Crippen LogP contribution in [-0.2, 0) is 29.2 Å². The first kappa shape index (κ1) is 17.0. The van der Waals surface area contributed by atoms with Crippen LogP contribution in [0.3, 0.4) is 0 Å². The van der Waals surface area contributed by atoms with Gasteiger partial charge in [-0.25, -0.2) is 4.68 Å². The molecule has 8 nitrogen and oxygen atoms in total. The van der Waals surface area contributed by atoms with Crippen molar-refractivity contribution in [2.24, 2.45) is 0 Å². The van der Waals surface area contributed by atoms with Gasteiger partial charge in [0.2, 0.25) is 5.91 Å². The van der Waals surface area contributed by atoms with Crippen LogP contribution >= 0.6 is 11.3 Å². The average molecular weight is 350 g/mol. The Labute approximate surface area is 144 Å². The maximum Gasteiger partial charge on any atom is 0.220 e. The fraction of sp³-hybridized carbons (Fsp3) is 0.600. The number of hydrogen-bond donors (Lipinski definition) is 1. The molecular formula is C15H22N6O2S. The molecular weight excluding hydrogens is 328 g/mol. The third-order valence-corrected chi connectivity index (χ3v) is 4.76. The molecule has 1 saturated heterocycles. The zero-order valence-electron chi connectivity index (χ0n) is 13.6. The molecule has 0 radical (unpaired) electrons. The highest BCUT2D eigenvalue weighted by Crippen LogP contribution is 2.08. The Hall–Kier alpha value is -1.84. The van der Waals surface area contributed by atoms with Gasteiger partial charge in [-0.15, -0.1) is 16.4 Å². The predicted molar refractivity (Wildman–Crippen MR) is 89.3 cm³/mol. The summed E-state index contributed by atoms with van der Waals surface area (Å²) >= 11 is 1.65. The lowest BCUT2D eigenvalue weighted by atomic mass is 10.3. The quantitative estimate of drug-likeness (QED) is 0.753. The molecule has 0 aliphatic carbocycles. The van der Waals surface area contributed by atoms with Crippen molar-refractivity contribution >= 4 is 17.2 Å². The SMILES string of the molecule is O=C(CCCn1nnnc1CN1CCOCC1)NCc1cccs1. The first-order chi connectivity index (χ1) is 11.8. The van der Waals surface area contributed by atoms with Gasteiger partial charge in [-0.2, -0.15) is 0 Å². The van der Waals surface area contributed by atoms with Crippen LogP contribution in [0.15, 0.2) is 17.5 Å². The molecule has 0 atom stereocenters. The molecule has 0 aromatic carbocycles. The summed E-state index contributed by atoms with van der Waals surface area (Å²) < 4.78 is 7.14. The van der Waals surface area contributed by atoms with Gasteiger partial charge >= 0.3 is 0 Å². The van der Waals surface area contributed by atoms with Crippen LogP contribution in [-0.4, -0.2) is 57.3 Å². The number of carbonyl (C=O) groups excluding carboxylic acids is 1. The molecule has 3 heterocycles. The Bertz CT molecular complexity index is 624. The van der Waals surface area contributed by atoms with Crippen molar-refractivity contribution in [2.75, 3.05) is 26.3 Å². The molecule has 2 aromatic rings. The van der Waals surface area contributed by atoms with Crippen molar-refractivity contribution in [1.29, 1.82) is 0 Å². The van der Waals surface area contributed by atoms with Crippen molar-refractivity contribution in [3.05, 3.63) is 28.2 Å². The third kappa shape index (κ3) is 5.08. The number of ether oxygens (including phenoxy) is 1. The molecule has 1 fully saturated rings. The highest BCUT2D eigenvalue weighted by Gasteiger charge is 2.15. The van der Waals surface area contributed by atoms with Crippen LogP contribution in [0.2, 0.25) is 0 Å². The second-order valence-electron chi connectivity index (χ2n) is 5.67. The lowest BCUT2D eigenvalue weighted by Gasteiger charge is -2.25. The number of amides is 1. The molecule has 1 N–H and O–H groups in total. The Morgan fingerprint density at radius 2 is 2.25 bits per heavy atom. The summed E-state index contributed by atoms with van der Waals surface area (Å²) in [7, 11) is 0. The van der Waals surface area contributed by atoms with Gasteiger partial charge in [-0.05, 0) is 28.3 Å². The minimum atomic E-state index is 0.0613. The van der Waals surface area contributed by atoms with E-state index in [1.165, 1.54) is 0 Å². The zero-order chi connectivity index (χ0) is 16.6. The van der Waals surface area contributed by atoms with E-state index >= 15 is 0 Å². The van der Waals surface area contributed by atoms with Gasteiger partial charge < -0.3 is 10.1 Å². The van der Waals surface area contributed by atoms with Crippen molar-refractivity contribution < 1.29 is 9.53 Å². The number of nitrogens with zero attached hydrogens (tertiary/aromatic N) is 5. The average Bonchev–Trinajstić information content (AvgIpc) is 3.26. The van der Waals surface area contributed by atoms with Gasteiger partial charge in [0.1, 0.15) is 0 Å². The van der Waals surface area contributed by atoms with Gasteiger partial charge in [-0.3, -0.25) is 9.69 Å². The number of rotatable bonds is 8. The van der Waals surface area contributed by atoms with E-state index in [0.717, 1.165) is 50.0 Å². The molecule has 0 spiro atoms. The fourth-order valence-electron chi connectivity index (χ4n) is 2.55. The van der Waals surface area contributed by atoms with Crippen LogP contribution in [0.1, 0.15) is 23.5 Å². The van der Waals surface area contributed by atoms with E-state index in [9.17, 15) is 4.79 Å². The number of carbonyl (C=O) groups is 1. The Kier molecular flexibility index (Phi) is 6.27. The monoisotopic (exact) mass is 350 g/mol. The lowest BCUT2D eigenvalue weighted by Crippen LogP contribution is -2.36. The molecule has 0 bridgehead atoms. The highest BCUT2D eigenvalue weighted by atomic mass is 32.1. The molecule has 24 heavy (non-hydrogen) atoms. The molecule has 9 heteroatoms. The second kappa shape index (κ2) is 8.86. The molecule has 1 aliphatic rings. The largest absolute Gasteiger partial charge is 0.379 e. The van der Waals surface area contributed by atoms with E-state index in [4.69, 9.17) is 4.74 Å². The Morgan fingerprint density at radius 3 is 3.04 bits per heavy atom. The molecule has 1 aliphatic heterocycles. The minimum absolute atomic E-state index is 0.0613. The summed E-state index contributed by atoms with van der Waals surface area (Å²) in [5.41, 5.74) is 0. The van der Waals surface area contributed by atoms with Crippen LogP contribution in [0, 0.1) is 0 Å². The summed E-state index contributed by atoms with van der Waals surface area (Å²) in [6, 6.07) is 4.00. The number of aryl methyl sites for hydroxylation is 1. The van der Waals surface area contributed by atoms with Crippen LogP contribution in [0.25, 0.3) is 0 Å². The van der Waals surface area contributed by atoms with Crippen molar-refractivity contribution in [3.8, 4) is 0 Å². The number of morpholine rings is 1. The predicted octanol–water partition coefficient (Wildman–Crippen LogP) is 0.663. The topological polar surface area (TPSA) is 85.2 Å².